The number of nitrogens with zero attached hydrogens (tertiary/aromatic N) is 3. The molecular weight excluding hydrogens is 342 g/mol. The average Bonchev–Trinajstić information content (AvgIpc) is 3.22. The van der Waals surface area contributed by atoms with Crippen molar-refractivity contribution in [1.82, 2.24) is 14.5 Å². The van der Waals surface area contributed by atoms with Gasteiger partial charge in [0.05, 0.1) is 31.1 Å². The van der Waals surface area contributed by atoms with Crippen molar-refractivity contribution < 1.29 is 17.6 Å². The van der Waals surface area contributed by atoms with Crippen LogP contribution in [0.4, 0.5) is 0 Å². The molecule has 0 amide bonds. The molecule has 0 unspecified atom stereocenters. The molecule has 0 radical (unpaired) electrons. The highest BCUT2D eigenvalue weighted by Gasteiger charge is 2.24. The molecule has 1 saturated heterocycles. The molecule has 0 saturated carbocycles. The minimum absolute atomic E-state index is 0.0477. The van der Waals surface area contributed by atoms with Crippen LogP contribution < -0.4 is 0 Å². The Morgan fingerprint density at radius 3 is 2.76 bits per heavy atom. The van der Waals surface area contributed by atoms with Gasteiger partial charge in [-0.25, -0.2) is 13.4 Å². The van der Waals surface area contributed by atoms with Gasteiger partial charge >= 0.3 is 0 Å². The van der Waals surface area contributed by atoms with Crippen LogP contribution in [-0.2, 0) is 34.2 Å². The Bertz CT molecular complexity index is 819. The predicted molar refractivity (Wildman–Crippen MR) is 92.9 cm³/mol. The summed E-state index contributed by atoms with van der Waals surface area (Å²) in [7, 11) is -1.41. The summed E-state index contributed by atoms with van der Waals surface area (Å²) in [6.45, 7) is 4.40. The Balaban J connectivity index is 1.78. The lowest BCUT2D eigenvalue weighted by atomic mass is 10.2. The summed E-state index contributed by atoms with van der Waals surface area (Å²) in [5, 5.41) is 0.111. The molecule has 0 bridgehead atoms. The van der Waals surface area contributed by atoms with E-state index in [2.05, 4.69) is 9.88 Å². The Morgan fingerprint density at radius 2 is 2.16 bits per heavy atom. The highest BCUT2D eigenvalue weighted by molar-refractivity contribution is 7.90. The van der Waals surface area contributed by atoms with E-state index in [1.165, 1.54) is 6.26 Å². The Labute approximate surface area is 148 Å². The van der Waals surface area contributed by atoms with Crippen LogP contribution in [-0.4, -0.2) is 48.9 Å². The van der Waals surface area contributed by atoms with Crippen LogP contribution in [0.15, 0.2) is 27.9 Å². The summed E-state index contributed by atoms with van der Waals surface area (Å²) in [4.78, 5) is 6.24. The van der Waals surface area contributed by atoms with E-state index in [0.29, 0.717) is 19.6 Å². The SMILES string of the molecule is Cc1ccc(CN(C)Cc2cnc(S(C)(=O)=O)n2C[C@H]2CCCO2)o1. The smallest absolute Gasteiger partial charge is 0.227 e. The molecule has 1 fully saturated rings. The molecule has 1 atom stereocenters. The Hall–Kier alpha value is -1.64. The van der Waals surface area contributed by atoms with Gasteiger partial charge in [-0.3, -0.25) is 4.90 Å². The quantitative estimate of drug-likeness (QED) is 0.745. The third kappa shape index (κ3) is 4.50. The first-order valence-electron chi connectivity index (χ1n) is 8.43. The summed E-state index contributed by atoms with van der Waals surface area (Å²) in [5.41, 5.74) is 0.863. The zero-order valence-electron chi connectivity index (χ0n) is 14.9. The third-order valence-corrected chi connectivity index (χ3v) is 5.29. The van der Waals surface area contributed by atoms with E-state index in [9.17, 15) is 8.42 Å². The van der Waals surface area contributed by atoms with E-state index in [4.69, 9.17) is 9.15 Å². The molecule has 7 nitrogen and oxygen atoms in total. The van der Waals surface area contributed by atoms with Crippen molar-refractivity contribution in [3.63, 3.8) is 0 Å². The molecule has 0 spiro atoms. The van der Waals surface area contributed by atoms with Gasteiger partial charge < -0.3 is 13.7 Å². The molecule has 0 N–H and O–H groups in total. The minimum atomic E-state index is -3.39. The number of aryl methyl sites for hydroxylation is 1. The number of aromatic nitrogens is 2. The second-order valence-corrected chi connectivity index (χ2v) is 8.64. The van der Waals surface area contributed by atoms with Crippen molar-refractivity contribution in [2.24, 2.45) is 0 Å². The summed E-state index contributed by atoms with van der Waals surface area (Å²) in [5.74, 6) is 1.76. The van der Waals surface area contributed by atoms with Crippen LogP contribution in [0, 0.1) is 6.92 Å². The zero-order valence-corrected chi connectivity index (χ0v) is 15.8. The van der Waals surface area contributed by atoms with Crippen molar-refractivity contribution in [3.8, 4) is 0 Å². The fourth-order valence-electron chi connectivity index (χ4n) is 3.17. The standard InChI is InChI=1S/C17H25N3O4S/c1-13-6-7-16(24-13)11-19(2)10-14-9-18-17(25(3,21)22)20(14)12-15-5-4-8-23-15/h6-7,9,15H,4-5,8,10-12H2,1-3H3/t15-/m1/s1. The van der Waals surface area contributed by atoms with Crippen molar-refractivity contribution in [1.29, 1.82) is 0 Å². The number of sulfone groups is 1. The first-order valence-corrected chi connectivity index (χ1v) is 10.3. The van der Waals surface area contributed by atoms with Gasteiger partial charge in [-0.05, 0) is 38.9 Å². The van der Waals surface area contributed by atoms with Gasteiger partial charge in [0.1, 0.15) is 11.5 Å². The first kappa shape index (κ1) is 18.2. The van der Waals surface area contributed by atoms with E-state index in [1.54, 1.807) is 10.8 Å². The number of hydrogen-bond acceptors (Lipinski definition) is 6. The lowest BCUT2D eigenvalue weighted by molar-refractivity contribution is 0.0933. The molecule has 25 heavy (non-hydrogen) atoms. The zero-order chi connectivity index (χ0) is 18.0. The van der Waals surface area contributed by atoms with Crippen molar-refractivity contribution in [2.45, 2.75) is 50.7 Å². The molecule has 1 aliphatic rings. The molecule has 138 valence electrons. The summed E-state index contributed by atoms with van der Waals surface area (Å²) in [6, 6.07) is 3.89. The second kappa shape index (κ2) is 7.31. The van der Waals surface area contributed by atoms with Gasteiger partial charge in [-0.15, -0.1) is 0 Å². The van der Waals surface area contributed by atoms with Crippen LogP contribution in [0.3, 0.4) is 0 Å². The monoisotopic (exact) mass is 367 g/mol. The third-order valence-electron chi connectivity index (χ3n) is 4.30. The average molecular weight is 367 g/mol. The predicted octanol–water partition coefficient (Wildman–Crippen LogP) is 2.00. The van der Waals surface area contributed by atoms with Crippen LogP contribution >= 0.6 is 0 Å². The van der Waals surface area contributed by atoms with E-state index in [1.807, 2.05) is 26.1 Å². The molecular formula is C17H25N3O4S. The van der Waals surface area contributed by atoms with E-state index >= 15 is 0 Å². The number of ether oxygens (including phenoxy) is 1. The van der Waals surface area contributed by atoms with Crippen LogP contribution in [0.25, 0.3) is 0 Å². The summed E-state index contributed by atoms with van der Waals surface area (Å²) < 4.78 is 37.2. The summed E-state index contributed by atoms with van der Waals surface area (Å²) >= 11 is 0. The minimum Gasteiger partial charge on any atom is -0.465 e. The molecule has 0 aliphatic carbocycles. The topological polar surface area (TPSA) is 77.6 Å². The highest BCUT2D eigenvalue weighted by atomic mass is 32.2. The van der Waals surface area contributed by atoms with E-state index < -0.39 is 9.84 Å². The van der Waals surface area contributed by atoms with Gasteiger partial charge in [-0.2, -0.15) is 0 Å². The van der Waals surface area contributed by atoms with Gasteiger partial charge in [0, 0.05) is 19.4 Å². The lowest BCUT2D eigenvalue weighted by Crippen LogP contribution is -2.24. The molecule has 3 rings (SSSR count). The largest absolute Gasteiger partial charge is 0.465 e. The maximum atomic E-state index is 12.1. The van der Waals surface area contributed by atoms with Crippen LogP contribution in [0.1, 0.15) is 30.1 Å². The maximum Gasteiger partial charge on any atom is 0.227 e. The Kier molecular flexibility index (Phi) is 5.31. The normalized spacial score (nSPS) is 18.3. The number of rotatable bonds is 7. The van der Waals surface area contributed by atoms with Crippen molar-refractivity contribution in [3.05, 3.63) is 35.5 Å². The molecule has 1 aliphatic heterocycles. The molecule has 8 heteroatoms. The highest BCUT2D eigenvalue weighted by Crippen LogP contribution is 2.20. The lowest BCUT2D eigenvalue weighted by Gasteiger charge is -2.19. The fourth-order valence-corrected chi connectivity index (χ4v) is 4.01. The molecule has 0 aromatic carbocycles. The number of furan rings is 1. The maximum absolute atomic E-state index is 12.1. The number of imidazole rings is 1. The van der Waals surface area contributed by atoms with Crippen molar-refractivity contribution in [2.75, 3.05) is 19.9 Å². The first-order chi connectivity index (χ1) is 11.8. The van der Waals surface area contributed by atoms with Gasteiger partial charge in [0.25, 0.3) is 0 Å². The van der Waals surface area contributed by atoms with Crippen molar-refractivity contribution >= 4 is 9.84 Å². The fraction of sp³-hybridized carbons (Fsp3) is 0.588. The molecule has 2 aromatic rings. The van der Waals surface area contributed by atoms with Crippen LogP contribution in [0.5, 0.6) is 0 Å². The van der Waals surface area contributed by atoms with Gasteiger partial charge in [-0.1, -0.05) is 0 Å². The van der Waals surface area contributed by atoms with E-state index in [-0.39, 0.29) is 11.3 Å². The molecule has 3 heterocycles. The number of hydrogen-bond donors (Lipinski definition) is 0. The Morgan fingerprint density at radius 1 is 1.36 bits per heavy atom. The second-order valence-electron chi connectivity index (χ2n) is 6.73. The van der Waals surface area contributed by atoms with Gasteiger partial charge in [0.2, 0.25) is 15.0 Å². The van der Waals surface area contributed by atoms with E-state index in [0.717, 1.165) is 36.7 Å². The van der Waals surface area contributed by atoms with Crippen LogP contribution in [0.2, 0.25) is 0 Å². The summed E-state index contributed by atoms with van der Waals surface area (Å²) in [6.07, 6.45) is 4.85. The van der Waals surface area contributed by atoms with Gasteiger partial charge in [0.15, 0.2) is 0 Å². The molecule has 2 aromatic heterocycles.